The number of hydrogen-bond acceptors (Lipinski definition) is 6. The molecule has 3 aromatic rings. The molecule has 0 unspecified atom stereocenters. The number of carbonyl (C=O) groups is 2. The van der Waals surface area contributed by atoms with Gasteiger partial charge in [-0.1, -0.05) is 24.3 Å². The van der Waals surface area contributed by atoms with Crippen LogP contribution < -0.4 is 5.32 Å². The van der Waals surface area contributed by atoms with Crippen molar-refractivity contribution in [2.75, 3.05) is 25.0 Å². The predicted molar refractivity (Wildman–Crippen MR) is 140 cm³/mol. The zero-order valence-corrected chi connectivity index (χ0v) is 20.9. The van der Waals surface area contributed by atoms with Crippen LogP contribution in [0.4, 0.5) is 5.82 Å². The lowest BCUT2D eigenvalue weighted by Gasteiger charge is -2.28. The monoisotopic (exact) mass is 486 g/mol. The Hall–Kier alpha value is -3.48. The Morgan fingerprint density at radius 1 is 1.25 bits per heavy atom. The number of amides is 1. The molecular weight excluding hydrogens is 452 g/mol. The zero-order chi connectivity index (χ0) is 24.9. The minimum atomic E-state index is -0.368. The van der Waals surface area contributed by atoms with Gasteiger partial charge in [0.25, 0.3) is 0 Å². The second-order valence-electron chi connectivity index (χ2n) is 9.74. The summed E-state index contributed by atoms with van der Waals surface area (Å²) >= 11 is 0. The lowest BCUT2D eigenvalue weighted by molar-refractivity contribution is -0.145. The molecule has 2 atom stereocenters. The number of para-hydroxylation sites is 1. The number of anilines is 1. The lowest BCUT2D eigenvalue weighted by atomic mass is 9.98. The molecule has 2 aliphatic heterocycles. The second-order valence-corrected chi connectivity index (χ2v) is 9.74. The van der Waals surface area contributed by atoms with Crippen LogP contribution >= 0.6 is 0 Å². The molecule has 0 bridgehead atoms. The Balaban J connectivity index is 1.26. The number of nitrogens with zero attached hydrogens (tertiary/aromatic N) is 3. The van der Waals surface area contributed by atoms with E-state index in [0.29, 0.717) is 13.2 Å². The maximum Gasteiger partial charge on any atom is 0.308 e. The average Bonchev–Trinajstić information content (AvgIpc) is 3.27. The van der Waals surface area contributed by atoms with Gasteiger partial charge in [0.2, 0.25) is 5.91 Å². The Bertz CT molecular complexity index is 1240. The molecule has 4 heterocycles. The van der Waals surface area contributed by atoms with Crippen molar-refractivity contribution in [1.82, 2.24) is 14.9 Å². The van der Waals surface area contributed by atoms with Crippen molar-refractivity contribution in [2.45, 2.75) is 57.9 Å². The fraction of sp³-hybridized carbons (Fsp3) is 0.448. The summed E-state index contributed by atoms with van der Waals surface area (Å²) in [4.78, 5) is 37.2. The molecule has 0 radical (unpaired) electrons. The van der Waals surface area contributed by atoms with E-state index in [1.807, 2.05) is 35.2 Å². The van der Waals surface area contributed by atoms with Gasteiger partial charge >= 0.3 is 5.97 Å². The van der Waals surface area contributed by atoms with Crippen LogP contribution in [0.2, 0.25) is 0 Å². The first-order valence-corrected chi connectivity index (χ1v) is 13.2. The Kier molecular flexibility index (Phi) is 7.44. The number of likely N-dealkylation sites (tertiary alicyclic amines) is 1. The molecule has 2 aromatic heterocycles. The van der Waals surface area contributed by atoms with Crippen molar-refractivity contribution in [3.63, 3.8) is 0 Å². The number of pyridine rings is 2. The van der Waals surface area contributed by atoms with Gasteiger partial charge < -0.3 is 15.0 Å². The highest BCUT2D eigenvalue weighted by Gasteiger charge is 2.37. The van der Waals surface area contributed by atoms with Gasteiger partial charge in [-0.15, -0.1) is 0 Å². The van der Waals surface area contributed by atoms with E-state index in [-0.39, 0.29) is 30.3 Å². The molecule has 5 rings (SSSR count). The van der Waals surface area contributed by atoms with Gasteiger partial charge in [-0.2, -0.15) is 0 Å². The van der Waals surface area contributed by atoms with Crippen LogP contribution in [0.1, 0.15) is 61.9 Å². The minimum absolute atomic E-state index is 0.0288. The number of aromatic nitrogens is 2. The Morgan fingerprint density at radius 3 is 3.03 bits per heavy atom. The summed E-state index contributed by atoms with van der Waals surface area (Å²) in [6.07, 6.45) is 7.57. The lowest BCUT2D eigenvalue weighted by Crippen LogP contribution is -2.33. The number of aryl methyl sites for hydroxylation is 2. The molecule has 0 saturated carbocycles. The third kappa shape index (κ3) is 5.35. The predicted octanol–water partition coefficient (Wildman–Crippen LogP) is 4.85. The molecule has 1 saturated heterocycles. The van der Waals surface area contributed by atoms with Gasteiger partial charge in [0.1, 0.15) is 5.82 Å². The van der Waals surface area contributed by atoms with E-state index in [9.17, 15) is 9.59 Å². The van der Waals surface area contributed by atoms with Crippen molar-refractivity contribution < 1.29 is 14.3 Å². The molecule has 1 N–H and O–H groups in total. The quantitative estimate of drug-likeness (QED) is 0.435. The van der Waals surface area contributed by atoms with E-state index >= 15 is 0 Å². The SMILES string of the molecule is CCOC(=O)C[C@@H](c1cnc2ccccc2c1)N1CC[C@H](CCCc2ccc3c(n2)NCCC3)C1=O. The summed E-state index contributed by atoms with van der Waals surface area (Å²) in [7, 11) is 0. The molecule has 2 aliphatic rings. The average molecular weight is 487 g/mol. The summed E-state index contributed by atoms with van der Waals surface area (Å²) in [5, 5.41) is 4.40. The summed E-state index contributed by atoms with van der Waals surface area (Å²) in [5.41, 5.74) is 4.14. The van der Waals surface area contributed by atoms with Crippen molar-refractivity contribution in [2.24, 2.45) is 5.92 Å². The topological polar surface area (TPSA) is 84.4 Å². The highest BCUT2D eigenvalue weighted by molar-refractivity contribution is 5.83. The summed E-state index contributed by atoms with van der Waals surface area (Å²) in [5.74, 6) is 0.822. The minimum Gasteiger partial charge on any atom is -0.466 e. The highest BCUT2D eigenvalue weighted by atomic mass is 16.5. The van der Waals surface area contributed by atoms with Crippen LogP contribution in [0.3, 0.4) is 0 Å². The first kappa shape index (κ1) is 24.2. The molecule has 1 aromatic carbocycles. The van der Waals surface area contributed by atoms with Gasteiger partial charge in [-0.25, -0.2) is 4.98 Å². The number of carbonyl (C=O) groups excluding carboxylic acids is 2. The van der Waals surface area contributed by atoms with Crippen LogP contribution in [-0.4, -0.2) is 46.4 Å². The van der Waals surface area contributed by atoms with Gasteiger partial charge in [0.05, 0.1) is 24.6 Å². The van der Waals surface area contributed by atoms with E-state index in [0.717, 1.165) is 73.0 Å². The fourth-order valence-corrected chi connectivity index (χ4v) is 5.43. The smallest absolute Gasteiger partial charge is 0.308 e. The van der Waals surface area contributed by atoms with E-state index in [4.69, 9.17) is 9.72 Å². The van der Waals surface area contributed by atoms with Gasteiger partial charge in [0, 0.05) is 36.3 Å². The molecule has 7 nitrogen and oxygen atoms in total. The Morgan fingerprint density at radius 2 is 2.14 bits per heavy atom. The number of rotatable bonds is 9. The summed E-state index contributed by atoms with van der Waals surface area (Å²) in [6.45, 7) is 3.75. The second kappa shape index (κ2) is 11.1. The van der Waals surface area contributed by atoms with E-state index in [1.165, 1.54) is 5.56 Å². The zero-order valence-electron chi connectivity index (χ0n) is 20.9. The van der Waals surface area contributed by atoms with Crippen LogP contribution in [-0.2, 0) is 27.2 Å². The molecule has 188 valence electrons. The standard InChI is InChI=1S/C29H34N4O3/c1-2-36-27(34)18-26(23-17-22-7-3-4-11-25(22)31-19-23)33-16-14-21(29(33)35)8-5-10-24-13-12-20-9-6-15-30-28(20)32-24/h3-4,7,11-13,17,19,21,26H,2,5-6,8-10,14-16,18H2,1H3,(H,30,32)/t21-,26-/m0/s1. The van der Waals surface area contributed by atoms with Crippen LogP contribution in [0, 0.1) is 5.92 Å². The fourth-order valence-electron chi connectivity index (χ4n) is 5.43. The molecule has 1 amide bonds. The maximum atomic E-state index is 13.5. The maximum absolute atomic E-state index is 13.5. The van der Waals surface area contributed by atoms with E-state index in [2.05, 4.69) is 22.4 Å². The van der Waals surface area contributed by atoms with Crippen molar-refractivity contribution in [3.8, 4) is 0 Å². The summed E-state index contributed by atoms with van der Waals surface area (Å²) < 4.78 is 5.25. The van der Waals surface area contributed by atoms with Crippen LogP contribution in [0.5, 0.6) is 0 Å². The van der Waals surface area contributed by atoms with E-state index in [1.54, 1.807) is 13.1 Å². The van der Waals surface area contributed by atoms with Gasteiger partial charge in [0.15, 0.2) is 0 Å². The highest BCUT2D eigenvalue weighted by Crippen LogP contribution is 2.34. The van der Waals surface area contributed by atoms with Crippen LogP contribution in [0.15, 0.2) is 48.7 Å². The normalized spacial score (nSPS) is 18.1. The largest absolute Gasteiger partial charge is 0.466 e. The van der Waals surface area contributed by atoms with Gasteiger partial charge in [-0.05, 0) is 74.8 Å². The molecule has 0 spiro atoms. The number of hydrogen-bond donors (Lipinski definition) is 1. The molecule has 1 fully saturated rings. The number of benzene rings is 1. The number of ether oxygens (including phenoxy) is 1. The van der Waals surface area contributed by atoms with Crippen molar-refractivity contribution in [1.29, 1.82) is 0 Å². The molecule has 0 aliphatic carbocycles. The first-order chi connectivity index (χ1) is 17.6. The summed E-state index contributed by atoms with van der Waals surface area (Å²) in [6, 6.07) is 13.9. The van der Waals surface area contributed by atoms with Crippen molar-refractivity contribution in [3.05, 3.63) is 65.5 Å². The third-order valence-corrected chi connectivity index (χ3v) is 7.33. The number of fused-ring (bicyclic) bond motifs is 2. The third-order valence-electron chi connectivity index (χ3n) is 7.33. The molecule has 7 heteroatoms. The Labute approximate surface area is 212 Å². The van der Waals surface area contributed by atoms with Crippen molar-refractivity contribution >= 4 is 28.6 Å². The van der Waals surface area contributed by atoms with E-state index < -0.39 is 0 Å². The number of esters is 1. The number of nitrogens with one attached hydrogen (secondary N) is 1. The van der Waals surface area contributed by atoms with Crippen LogP contribution in [0.25, 0.3) is 10.9 Å². The van der Waals surface area contributed by atoms with Gasteiger partial charge in [-0.3, -0.25) is 14.6 Å². The molecular formula is C29H34N4O3. The first-order valence-electron chi connectivity index (χ1n) is 13.2. The molecule has 36 heavy (non-hydrogen) atoms.